The summed E-state index contributed by atoms with van der Waals surface area (Å²) in [5.74, 6) is 0.477. The minimum Gasteiger partial charge on any atom is -0.492 e. The maximum absolute atomic E-state index is 14.1. The molecule has 1 aliphatic rings. The Morgan fingerprint density at radius 2 is 2.05 bits per heavy atom. The zero-order chi connectivity index (χ0) is 14.7. The molecule has 2 aromatic rings. The van der Waals surface area contributed by atoms with Crippen LogP contribution in [0.4, 0.5) is 4.39 Å². The molecule has 2 aromatic carbocycles. The maximum atomic E-state index is 14.1. The van der Waals surface area contributed by atoms with Crippen LogP contribution in [-0.2, 0) is 13.1 Å². The third-order valence-corrected chi connectivity index (χ3v) is 3.62. The Bertz CT molecular complexity index is 693. The summed E-state index contributed by atoms with van der Waals surface area (Å²) in [6.45, 7) is 2.49. The second-order valence-electron chi connectivity index (χ2n) is 5.06. The van der Waals surface area contributed by atoms with Gasteiger partial charge in [0.05, 0.1) is 5.56 Å². The van der Waals surface area contributed by atoms with Crippen LogP contribution in [0.3, 0.4) is 0 Å². The molecule has 0 atom stereocenters. The van der Waals surface area contributed by atoms with Gasteiger partial charge in [-0.1, -0.05) is 30.3 Å². The Morgan fingerprint density at radius 1 is 1.19 bits per heavy atom. The van der Waals surface area contributed by atoms with Gasteiger partial charge in [0.2, 0.25) is 0 Å². The Balaban J connectivity index is 1.82. The van der Waals surface area contributed by atoms with Crippen molar-refractivity contribution in [2.75, 3.05) is 13.2 Å². The fourth-order valence-corrected chi connectivity index (χ4v) is 2.54. The Morgan fingerprint density at radius 3 is 2.90 bits per heavy atom. The zero-order valence-corrected chi connectivity index (χ0v) is 11.6. The molecule has 0 fully saturated rings. The highest BCUT2D eigenvalue weighted by Gasteiger charge is 2.17. The molecule has 0 aliphatic carbocycles. The average Bonchev–Trinajstić information content (AvgIpc) is 2.71. The number of nitriles is 1. The topological polar surface area (TPSA) is 36.3 Å². The number of fused-ring (bicyclic) bond motifs is 1. The van der Waals surface area contributed by atoms with Crippen molar-refractivity contribution >= 4 is 0 Å². The minimum absolute atomic E-state index is 0.0963. The van der Waals surface area contributed by atoms with Crippen molar-refractivity contribution < 1.29 is 9.13 Å². The van der Waals surface area contributed by atoms with E-state index in [0.717, 1.165) is 17.9 Å². The van der Waals surface area contributed by atoms with Crippen molar-refractivity contribution in [1.82, 2.24) is 4.90 Å². The molecule has 1 aliphatic heterocycles. The first-order valence-electron chi connectivity index (χ1n) is 6.88. The van der Waals surface area contributed by atoms with Crippen LogP contribution in [0.1, 0.15) is 16.7 Å². The van der Waals surface area contributed by atoms with E-state index in [9.17, 15) is 4.39 Å². The van der Waals surface area contributed by atoms with Gasteiger partial charge in [0.15, 0.2) is 0 Å². The third-order valence-electron chi connectivity index (χ3n) is 3.62. The fourth-order valence-electron chi connectivity index (χ4n) is 2.54. The summed E-state index contributed by atoms with van der Waals surface area (Å²) >= 11 is 0. The summed E-state index contributed by atoms with van der Waals surface area (Å²) in [4.78, 5) is 2.13. The fraction of sp³-hybridized carbons (Fsp3) is 0.235. The van der Waals surface area contributed by atoms with E-state index in [-0.39, 0.29) is 5.56 Å². The van der Waals surface area contributed by atoms with Crippen LogP contribution in [0.5, 0.6) is 5.75 Å². The molecule has 0 spiro atoms. The van der Waals surface area contributed by atoms with Crippen LogP contribution in [0.15, 0.2) is 42.5 Å². The van der Waals surface area contributed by atoms with Crippen LogP contribution in [0, 0.1) is 17.1 Å². The molecule has 0 amide bonds. The SMILES string of the molecule is N#Cc1cccc(CN2CCOc3ccccc3C2)c1F. The highest BCUT2D eigenvalue weighted by Crippen LogP contribution is 2.24. The summed E-state index contributed by atoms with van der Waals surface area (Å²) in [5.41, 5.74) is 1.75. The lowest BCUT2D eigenvalue weighted by Crippen LogP contribution is -2.25. The van der Waals surface area contributed by atoms with Gasteiger partial charge in [-0.05, 0) is 12.1 Å². The molecule has 4 heteroatoms. The van der Waals surface area contributed by atoms with E-state index in [2.05, 4.69) is 4.90 Å². The van der Waals surface area contributed by atoms with Crippen molar-refractivity contribution in [3.63, 3.8) is 0 Å². The van der Waals surface area contributed by atoms with Gasteiger partial charge in [-0.15, -0.1) is 0 Å². The lowest BCUT2D eigenvalue weighted by Gasteiger charge is -2.19. The zero-order valence-electron chi connectivity index (χ0n) is 11.6. The second-order valence-corrected chi connectivity index (χ2v) is 5.06. The molecule has 0 radical (unpaired) electrons. The first kappa shape index (κ1) is 13.6. The summed E-state index contributed by atoms with van der Waals surface area (Å²) in [5, 5.41) is 8.90. The Kier molecular flexibility index (Phi) is 3.85. The van der Waals surface area contributed by atoms with Crippen molar-refractivity contribution in [2.24, 2.45) is 0 Å². The molecule has 1 heterocycles. The highest BCUT2D eigenvalue weighted by molar-refractivity contribution is 5.36. The molecule has 0 bridgehead atoms. The Labute approximate surface area is 123 Å². The number of hydrogen-bond donors (Lipinski definition) is 0. The number of hydrogen-bond acceptors (Lipinski definition) is 3. The monoisotopic (exact) mass is 282 g/mol. The number of rotatable bonds is 2. The van der Waals surface area contributed by atoms with E-state index < -0.39 is 5.82 Å². The number of para-hydroxylation sites is 1. The molecule has 21 heavy (non-hydrogen) atoms. The quantitative estimate of drug-likeness (QED) is 0.849. The van der Waals surface area contributed by atoms with Gasteiger partial charge in [-0.25, -0.2) is 4.39 Å². The van der Waals surface area contributed by atoms with E-state index in [1.54, 1.807) is 12.1 Å². The van der Waals surface area contributed by atoms with Crippen molar-refractivity contribution in [2.45, 2.75) is 13.1 Å². The van der Waals surface area contributed by atoms with E-state index in [1.807, 2.05) is 30.3 Å². The number of benzene rings is 2. The van der Waals surface area contributed by atoms with Crippen LogP contribution < -0.4 is 4.74 Å². The van der Waals surface area contributed by atoms with Crippen LogP contribution in [0.25, 0.3) is 0 Å². The van der Waals surface area contributed by atoms with Crippen LogP contribution >= 0.6 is 0 Å². The molecule has 106 valence electrons. The lowest BCUT2D eigenvalue weighted by molar-refractivity contribution is 0.217. The first-order valence-corrected chi connectivity index (χ1v) is 6.88. The second kappa shape index (κ2) is 5.94. The van der Waals surface area contributed by atoms with Gasteiger partial charge < -0.3 is 4.74 Å². The van der Waals surface area contributed by atoms with Gasteiger partial charge in [-0.2, -0.15) is 5.26 Å². The summed E-state index contributed by atoms with van der Waals surface area (Å²) in [7, 11) is 0. The highest BCUT2D eigenvalue weighted by atomic mass is 19.1. The normalized spacial score (nSPS) is 14.7. The first-order chi connectivity index (χ1) is 10.3. The predicted molar refractivity (Wildman–Crippen MR) is 77.2 cm³/mol. The molecular formula is C17H15FN2O. The van der Waals surface area contributed by atoms with E-state index in [1.165, 1.54) is 6.07 Å². The Hall–Kier alpha value is -2.38. The molecule has 0 N–H and O–H groups in total. The van der Waals surface area contributed by atoms with E-state index in [4.69, 9.17) is 10.00 Å². The molecule has 0 saturated carbocycles. The lowest BCUT2D eigenvalue weighted by atomic mass is 10.1. The van der Waals surface area contributed by atoms with Crippen molar-refractivity contribution in [3.05, 3.63) is 65.0 Å². The molecule has 3 nitrogen and oxygen atoms in total. The van der Waals surface area contributed by atoms with Gasteiger partial charge in [-0.3, -0.25) is 4.90 Å². The third kappa shape index (κ3) is 2.88. The van der Waals surface area contributed by atoms with E-state index >= 15 is 0 Å². The standard InChI is InChI=1S/C17H15FN2O/c18-17-13(10-19)5-3-6-15(17)12-20-8-9-21-16-7-2-1-4-14(16)11-20/h1-7H,8-9,11-12H2. The van der Waals surface area contributed by atoms with Gasteiger partial charge in [0.25, 0.3) is 0 Å². The molecule has 0 saturated heterocycles. The molecule has 0 unspecified atom stereocenters. The predicted octanol–water partition coefficient (Wildman–Crippen LogP) is 3.09. The summed E-state index contributed by atoms with van der Waals surface area (Å²) in [6, 6.07) is 14.7. The van der Waals surface area contributed by atoms with Gasteiger partial charge >= 0.3 is 0 Å². The maximum Gasteiger partial charge on any atom is 0.145 e. The van der Waals surface area contributed by atoms with Crippen LogP contribution in [0.2, 0.25) is 0 Å². The summed E-state index contributed by atoms with van der Waals surface area (Å²) < 4.78 is 19.8. The van der Waals surface area contributed by atoms with Crippen LogP contribution in [-0.4, -0.2) is 18.1 Å². The number of halogens is 1. The molecule has 0 aromatic heterocycles. The molecule has 3 rings (SSSR count). The minimum atomic E-state index is -0.418. The summed E-state index contributed by atoms with van der Waals surface area (Å²) in [6.07, 6.45) is 0. The van der Waals surface area contributed by atoms with Gasteiger partial charge in [0.1, 0.15) is 24.2 Å². The van der Waals surface area contributed by atoms with Gasteiger partial charge in [0, 0.05) is 30.8 Å². The number of nitrogens with zero attached hydrogens (tertiary/aromatic N) is 2. The smallest absolute Gasteiger partial charge is 0.145 e. The van der Waals surface area contributed by atoms with Crippen molar-refractivity contribution in [3.8, 4) is 11.8 Å². The molecular weight excluding hydrogens is 267 g/mol. The average molecular weight is 282 g/mol. The van der Waals surface area contributed by atoms with E-state index in [0.29, 0.717) is 25.3 Å². The van der Waals surface area contributed by atoms with Crippen molar-refractivity contribution in [1.29, 1.82) is 5.26 Å². The number of ether oxygens (including phenoxy) is 1. The largest absolute Gasteiger partial charge is 0.492 e.